The summed E-state index contributed by atoms with van der Waals surface area (Å²) in [7, 11) is 1.29. The predicted octanol–water partition coefficient (Wildman–Crippen LogP) is 5.15. The first-order chi connectivity index (χ1) is 17.4. The quantitative estimate of drug-likeness (QED) is 0.361. The number of methoxy groups -OCH3 is 1. The maximum atomic E-state index is 13.3. The van der Waals surface area contributed by atoms with E-state index in [-0.39, 0.29) is 17.9 Å². The van der Waals surface area contributed by atoms with Crippen LogP contribution in [0.25, 0.3) is 27.5 Å². The topological polar surface area (TPSA) is 105 Å². The zero-order chi connectivity index (χ0) is 25.4. The normalized spacial score (nSPS) is 16.6. The summed E-state index contributed by atoms with van der Waals surface area (Å²) in [6.45, 7) is 4.42. The SMILES string of the molecule is COC(=O)N[C@H](C(=O)N1CCCC1c1ncc(-c2ccc(-c3nc4sccn4c3Cl)cc2)[nH]1)C(C)C. The molecule has 4 heterocycles. The molecule has 5 rings (SSSR count). The first-order valence-corrected chi connectivity index (χ1v) is 13.0. The summed E-state index contributed by atoms with van der Waals surface area (Å²) in [5.74, 6) is 0.526. The van der Waals surface area contributed by atoms with E-state index in [0.29, 0.717) is 11.7 Å². The number of halogens is 1. The molecule has 1 saturated heterocycles. The molecule has 188 valence electrons. The van der Waals surface area contributed by atoms with E-state index >= 15 is 0 Å². The van der Waals surface area contributed by atoms with Gasteiger partial charge in [-0.2, -0.15) is 0 Å². The molecule has 2 N–H and O–H groups in total. The highest BCUT2D eigenvalue weighted by Gasteiger charge is 2.37. The highest BCUT2D eigenvalue weighted by Crippen LogP contribution is 2.34. The second kappa shape index (κ2) is 9.94. The van der Waals surface area contributed by atoms with Crippen molar-refractivity contribution in [3.8, 4) is 22.5 Å². The van der Waals surface area contributed by atoms with Crippen LogP contribution in [0.4, 0.5) is 4.79 Å². The second-order valence-electron chi connectivity index (χ2n) is 9.11. The first-order valence-electron chi connectivity index (χ1n) is 11.8. The van der Waals surface area contributed by atoms with Gasteiger partial charge in [0.1, 0.15) is 22.7 Å². The Labute approximate surface area is 217 Å². The molecule has 2 amide bonds. The zero-order valence-electron chi connectivity index (χ0n) is 20.2. The molecule has 11 heteroatoms. The smallest absolute Gasteiger partial charge is 0.407 e. The zero-order valence-corrected chi connectivity index (χ0v) is 21.8. The minimum atomic E-state index is -0.662. The Morgan fingerprint density at radius 2 is 2.00 bits per heavy atom. The number of benzene rings is 1. The number of carbonyl (C=O) groups excluding carboxylic acids is 2. The van der Waals surface area contributed by atoms with Crippen molar-refractivity contribution in [3.05, 3.63) is 53.0 Å². The van der Waals surface area contributed by atoms with E-state index in [0.717, 1.165) is 46.1 Å². The summed E-state index contributed by atoms with van der Waals surface area (Å²) in [6.07, 6.45) is 4.75. The molecule has 2 atom stereocenters. The molecule has 0 radical (unpaired) electrons. The number of ether oxygens (including phenoxy) is 1. The number of aromatic nitrogens is 4. The third-order valence-electron chi connectivity index (χ3n) is 6.51. The van der Waals surface area contributed by atoms with Crippen LogP contribution in [0, 0.1) is 5.92 Å². The third-order valence-corrected chi connectivity index (χ3v) is 7.63. The van der Waals surface area contributed by atoms with Gasteiger partial charge in [0.2, 0.25) is 5.91 Å². The number of imidazole rings is 2. The van der Waals surface area contributed by atoms with E-state index in [1.54, 1.807) is 22.4 Å². The van der Waals surface area contributed by atoms with Gasteiger partial charge in [-0.25, -0.2) is 14.8 Å². The van der Waals surface area contributed by atoms with E-state index < -0.39 is 12.1 Å². The van der Waals surface area contributed by atoms with E-state index in [1.165, 1.54) is 7.11 Å². The van der Waals surface area contributed by atoms with Gasteiger partial charge in [0.15, 0.2) is 4.96 Å². The molecule has 1 aromatic carbocycles. The largest absolute Gasteiger partial charge is 0.453 e. The lowest BCUT2D eigenvalue weighted by atomic mass is 10.0. The van der Waals surface area contributed by atoms with Crippen LogP contribution in [-0.2, 0) is 9.53 Å². The van der Waals surface area contributed by atoms with Crippen LogP contribution in [0.15, 0.2) is 42.0 Å². The van der Waals surface area contributed by atoms with Crippen molar-refractivity contribution in [1.29, 1.82) is 0 Å². The van der Waals surface area contributed by atoms with Crippen molar-refractivity contribution in [1.82, 2.24) is 29.6 Å². The monoisotopic (exact) mass is 526 g/mol. The number of thiazole rings is 1. The molecular formula is C25H27ClN6O3S. The van der Waals surface area contributed by atoms with Crippen molar-refractivity contribution >= 4 is 39.9 Å². The van der Waals surface area contributed by atoms with E-state index in [1.807, 2.05) is 54.1 Å². The maximum absolute atomic E-state index is 13.3. The van der Waals surface area contributed by atoms with Crippen LogP contribution < -0.4 is 5.32 Å². The minimum absolute atomic E-state index is 0.0804. The molecule has 1 aliphatic rings. The number of likely N-dealkylation sites (tertiary alicyclic amines) is 1. The number of aromatic amines is 1. The molecule has 0 spiro atoms. The number of H-pyrrole nitrogens is 1. The molecule has 0 aliphatic carbocycles. The van der Waals surface area contributed by atoms with Crippen LogP contribution >= 0.6 is 22.9 Å². The summed E-state index contributed by atoms with van der Waals surface area (Å²) in [5, 5.41) is 5.22. The average Bonchev–Trinajstić information content (AvgIpc) is 3.67. The van der Waals surface area contributed by atoms with Crippen LogP contribution in [0.2, 0.25) is 5.15 Å². The second-order valence-corrected chi connectivity index (χ2v) is 10.3. The molecule has 1 aliphatic heterocycles. The number of nitrogens with zero attached hydrogens (tertiary/aromatic N) is 4. The molecule has 9 nitrogen and oxygen atoms in total. The number of alkyl carbamates (subject to hydrolysis) is 1. The Balaban J connectivity index is 1.34. The number of amides is 2. The van der Waals surface area contributed by atoms with Crippen LogP contribution in [0.5, 0.6) is 0 Å². The molecule has 1 unspecified atom stereocenters. The van der Waals surface area contributed by atoms with Crippen LogP contribution in [-0.4, -0.2) is 55.9 Å². The maximum Gasteiger partial charge on any atom is 0.407 e. The average molecular weight is 527 g/mol. The molecule has 4 aromatic rings. The van der Waals surface area contributed by atoms with Gasteiger partial charge < -0.3 is 19.9 Å². The summed E-state index contributed by atoms with van der Waals surface area (Å²) < 4.78 is 6.58. The summed E-state index contributed by atoms with van der Waals surface area (Å²) in [6, 6.07) is 7.15. The van der Waals surface area contributed by atoms with Crippen LogP contribution in [0.1, 0.15) is 38.6 Å². The van der Waals surface area contributed by atoms with Gasteiger partial charge >= 0.3 is 6.09 Å². The molecule has 0 saturated carbocycles. The van der Waals surface area contributed by atoms with Crippen molar-refractivity contribution in [3.63, 3.8) is 0 Å². The van der Waals surface area contributed by atoms with E-state index in [9.17, 15) is 9.59 Å². The minimum Gasteiger partial charge on any atom is -0.453 e. The molecule has 3 aromatic heterocycles. The van der Waals surface area contributed by atoms with E-state index in [4.69, 9.17) is 16.3 Å². The van der Waals surface area contributed by atoms with Gasteiger partial charge in [-0.3, -0.25) is 9.20 Å². The standard InChI is InChI=1S/C25H27ClN6O3S/c1-14(2)19(30-25(34)35-3)23(33)31-10-4-5-18(31)22-27-13-17(28-22)15-6-8-16(9-7-15)20-21(26)32-11-12-36-24(32)29-20/h6-9,11-14,18-19H,4-5,10H2,1-3H3,(H,27,28)(H,30,34)/t18?,19-/m0/s1. The number of carbonyl (C=O) groups is 2. The van der Waals surface area contributed by atoms with Crippen molar-refractivity contribution in [2.75, 3.05) is 13.7 Å². The Morgan fingerprint density at radius 1 is 1.25 bits per heavy atom. The van der Waals surface area contributed by atoms with Crippen molar-refractivity contribution < 1.29 is 14.3 Å². The Bertz CT molecular complexity index is 1390. The third kappa shape index (κ3) is 4.46. The summed E-state index contributed by atoms with van der Waals surface area (Å²) >= 11 is 8.05. The molecule has 0 bridgehead atoms. The fraction of sp³-hybridized carbons (Fsp3) is 0.360. The number of hydrogen-bond donors (Lipinski definition) is 2. The molecule has 36 heavy (non-hydrogen) atoms. The fourth-order valence-corrected chi connectivity index (χ4v) is 5.65. The lowest BCUT2D eigenvalue weighted by Crippen LogP contribution is -2.51. The van der Waals surface area contributed by atoms with Gasteiger partial charge in [-0.1, -0.05) is 49.7 Å². The van der Waals surface area contributed by atoms with Gasteiger partial charge in [0.25, 0.3) is 0 Å². The lowest BCUT2D eigenvalue weighted by Gasteiger charge is -2.30. The van der Waals surface area contributed by atoms with Crippen molar-refractivity contribution in [2.24, 2.45) is 5.92 Å². The first kappa shape index (κ1) is 24.3. The summed E-state index contributed by atoms with van der Waals surface area (Å²) in [4.78, 5) is 40.4. The molecule has 1 fully saturated rings. The number of fused-ring (bicyclic) bond motifs is 1. The predicted molar refractivity (Wildman–Crippen MR) is 139 cm³/mol. The van der Waals surface area contributed by atoms with Gasteiger partial charge in [-0.05, 0) is 24.3 Å². The Hall–Kier alpha value is -3.37. The van der Waals surface area contributed by atoms with Gasteiger partial charge in [-0.15, -0.1) is 11.3 Å². The molecular weight excluding hydrogens is 500 g/mol. The number of rotatable bonds is 6. The Morgan fingerprint density at radius 3 is 2.69 bits per heavy atom. The Kier molecular flexibility index (Phi) is 6.72. The van der Waals surface area contributed by atoms with Crippen molar-refractivity contribution in [2.45, 2.75) is 38.8 Å². The summed E-state index contributed by atoms with van der Waals surface area (Å²) in [5.41, 5.74) is 3.52. The van der Waals surface area contributed by atoms with Crippen LogP contribution in [0.3, 0.4) is 0 Å². The van der Waals surface area contributed by atoms with E-state index in [2.05, 4.69) is 20.3 Å². The lowest BCUT2D eigenvalue weighted by molar-refractivity contribution is -0.135. The van der Waals surface area contributed by atoms with Gasteiger partial charge in [0.05, 0.1) is 25.0 Å². The highest BCUT2D eigenvalue weighted by molar-refractivity contribution is 7.15. The van der Waals surface area contributed by atoms with Gasteiger partial charge in [0, 0.05) is 23.7 Å². The number of hydrogen-bond acceptors (Lipinski definition) is 6. The fourth-order valence-electron chi connectivity index (χ4n) is 4.60. The highest BCUT2D eigenvalue weighted by atomic mass is 35.5. The number of nitrogens with one attached hydrogen (secondary N) is 2.